The average molecular weight is 299 g/mol. The molecule has 2 unspecified atom stereocenters. The number of methoxy groups -OCH3 is 1. The quantitative estimate of drug-likeness (QED) is 0.898. The summed E-state index contributed by atoms with van der Waals surface area (Å²) in [5.74, 6) is 0.138. The van der Waals surface area contributed by atoms with Gasteiger partial charge in [-0.2, -0.15) is 0 Å². The lowest BCUT2D eigenvalue weighted by Gasteiger charge is -2.25. The molecule has 0 heterocycles. The maximum absolute atomic E-state index is 12.2. The zero-order valence-electron chi connectivity index (χ0n) is 11.8. The smallest absolute Gasteiger partial charge is 0.227 e. The second-order valence-electron chi connectivity index (χ2n) is 5.25. The first kappa shape index (κ1) is 17.0. The fourth-order valence-corrected chi connectivity index (χ4v) is 2.62. The number of carbonyl (C=O) groups excluding carboxylic acids is 1. The molecular formula is C15H23ClN2O2. The first-order chi connectivity index (χ1) is 9.19. The molecule has 2 rings (SSSR count). The van der Waals surface area contributed by atoms with Crippen molar-refractivity contribution in [1.82, 2.24) is 0 Å². The summed E-state index contributed by atoms with van der Waals surface area (Å²) in [7, 11) is 1.66. The van der Waals surface area contributed by atoms with Gasteiger partial charge in [-0.25, -0.2) is 0 Å². The maximum Gasteiger partial charge on any atom is 0.227 e. The van der Waals surface area contributed by atoms with Crippen LogP contribution < -0.4 is 11.1 Å². The summed E-state index contributed by atoms with van der Waals surface area (Å²) >= 11 is 0. The minimum atomic E-state index is 0. The molecular weight excluding hydrogens is 276 g/mol. The van der Waals surface area contributed by atoms with Crippen LogP contribution >= 0.6 is 12.4 Å². The van der Waals surface area contributed by atoms with Gasteiger partial charge in [0.05, 0.1) is 6.61 Å². The van der Waals surface area contributed by atoms with Gasteiger partial charge >= 0.3 is 0 Å². The molecule has 0 bridgehead atoms. The molecule has 1 fully saturated rings. The van der Waals surface area contributed by atoms with Crippen LogP contribution in [0.2, 0.25) is 0 Å². The van der Waals surface area contributed by atoms with Gasteiger partial charge in [-0.05, 0) is 37.0 Å². The van der Waals surface area contributed by atoms with Crippen LogP contribution in [-0.4, -0.2) is 19.1 Å². The van der Waals surface area contributed by atoms with Crippen molar-refractivity contribution in [1.29, 1.82) is 0 Å². The van der Waals surface area contributed by atoms with E-state index in [-0.39, 0.29) is 30.3 Å². The lowest BCUT2D eigenvalue weighted by atomic mass is 9.85. The third-order valence-electron chi connectivity index (χ3n) is 3.59. The lowest BCUT2D eigenvalue weighted by Crippen LogP contribution is -2.34. The summed E-state index contributed by atoms with van der Waals surface area (Å²) in [6.07, 6.45) is 3.82. The Morgan fingerprint density at radius 1 is 1.45 bits per heavy atom. The third-order valence-corrected chi connectivity index (χ3v) is 3.59. The monoisotopic (exact) mass is 298 g/mol. The second-order valence-corrected chi connectivity index (χ2v) is 5.25. The van der Waals surface area contributed by atoms with Gasteiger partial charge in [0.1, 0.15) is 0 Å². The Kier molecular flexibility index (Phi) is 6.99. The van der Waals surface area contributed by atoms with Crippen molar-refractivity contribution in [3.05, 3.63) is 29.8 Å². The molecule has 0 spiro atoms. The van der Waals surface area contributed by atoms with E-state index in [0.717, 1.165) is 36.9 Å². The highest BCUT2D eigenvalue weighted by Crippen LogP contribution is 2.24. The molecule has 112 valence electrons. The molecule has 4 nitrogen and oxygen atoms in total. The predicted octanol–water partition coefficient (Wildman–Crippen LogP) is 2.71. The number of carbonyl (C=O) groups is 1. The number of nitrogens with one attached hydrogen (secondary N) is 1. The fraction of sp³-hybridized carbons (Fsp3) is 0.533. The van der Waals surface area contributed by atoms with Crippen molar-refractivity contribution in [2.75, 3.05) is 12.4 Å². The molecule has 0 radical (unpaired) electrons. The summed E-state index contributed by atoms with van der Waals surface area (Å²) in [6.45, 7) is 0.554. The van der Waals surface area contributed by atoms with Crippen molar-refractivity contribution in [3.63, 3.8) is 0 Å². The van der Waals surface area contributed by atoms with E-state index in [4.69, 9.17) is 10.5 Å². The van der Waals surface area contributed by atoms with Crippen LogP contribution in [0.25, 0.3) is 0 Å². The highest BCUT2D eigenvalue weighted by molar-refractivity contribution is 5.92. The van der Waals surface area contributed by atoms with Gasteiger partial charge in [-0.3, -0.25) is 4.79 Å². The topological polar surface area (TPSA) is 64.3 Å². The summed E-state index contributed by atoms with van der Waals surface area (Å²) in [5.41, 5.74) is 7.81. The maximum atomic E-state index is 12.2. The van der Waals surface area contributed by atoms with Crippen LogP contribution in [0.15, 0.2) is 24.3 Å². The number of ether oxygens (including phenoxy) is 1. The number of halogens is 1. The highest BCUT2D eigenvalue weighted by Gasteiger charge is 2.25. The number of benzene rings is 1. The minimum absolute atomic E-state index is 0. The molecule has 1 amide bonds. The largest absolute Gasteiger partial charge is 0.380 e. The molecule has 0 aromatic heterocycles. The third kappa shape index (κ3) is 4.78. The van der Waals surface area contributed by atoms with Gasteiger partial charge in [-0.15, -0.1) is 12.4 Å². The van der Waals surface area contributed by atoms with Gasteiger partial charge in [0.25, 0.3) is 0 Å². The molecule has 1 aliphatic rings. The standard InChI is InChI=1S/C15H22N2O2.ClH/c1-19-10-11-4-2-7-14(8-11)17-15(18)12-5-3-6-13(16)9-12;/h2,4,7-8,12-13H,3,5-6,9-10,16H2,1H3,(H,17,18);1H. The van der Waals surface area contributed by atoms with E-state index in [9.17, 15) is 4.79 Å². The molecule has 3 N–H and O–H groups in total. The van der Waals surface area contributed by atoms with Crippen LogP contribution in [0.3, 0.4) is 0 Å². The number of anilines is 1. The fourth-order valence-electron chi connectivity index (χ4n) is 2.62. The summed E-state index contributed by atoms with van der Waals surface area (Å²) in [6, 6.07) is 7.93. The Hall–Kier alpha value is -1.10. The number of rotatable bonds is 4. The van der Waals surface area contributed by atoms with Crippen LogP contribution in [0, 0.1) is 5.92 Å². The van der Waals surface area contributed by atoms with Crippen LogP contribution in [0.1, 0.15) is 31.2 Å². The number of amides is 1. The molecule has 5 heteroatoms. The SMILES string of the molecule is COCc1cccc(NC(=O)C2CCCC(N)C2)c1.Cl. The van der Waals surface area contributed by atoms with E-state index in [1.807, 2.05) is 24.3 Å². The molecule has 1 aromatic rings. The molecule has 2 atom stereocenters. The molecule has 0 saturated heterocycles. The molecule has 1 saturated carbocycles. The van der Waals surface area contributed by atoms with Gasteiger partial charge in [0, 0.05) is 24.8 Å². The van der Waals surface area contributed by atoms with Crippen LogP contribution in [0.5, 0.6) is 0 Å². The van der Waals surface area contributed by atoms with Crippen LogP contribution in [-0.2, 0) is 16.1 Å². The van der Waals surface area contributed by atoms with Gasteiger partial charge in [0.2, 0.25) is 5.91 Å². The minimum Gasteiger partial charge on any atom is -0.380 e. The van der Waals surface area contributed by atoms with Gasteiger partial charge in [-0.1, -0.05) is 18.6 Å². The zero-order valence-corrected chi connectivity index (χ0v) is 12.6. The average Bonchev–Trinajstić information content (AvgIpc) is 2.39. The Morgan fingerprint density at radius 3 is 2.95 bits per heavy atom. The Labute approximate surface area is 126 Å². The van der Waals surface area contributed by atoms with E-state index in [1.54, 1.807) is 7.11 Å². The van der Waals surface area contributed by atoms with Crippen molar-refractivity contribution in [2.24, 2.45) is 11.7 Å². The molecule has 20 heavy (non-hydrogen) atoms. The van der Waals surface area contributed by atoms with Gasteiger partial charge < -0.3 is 15.8 Å². The van der Waals surface area contributed by atoms with E-state index in [1.165, 1.54) is 0 Å². The Morgan fingerprint density at radius 2 is 2.25 bits per heavy atom. The highest BCUT2D eigenvalue weighted by atomic mass is 35.5. The number of hydrogen-bond donors (Lipinski definition) is 2. The first-order valence-corrected chi connectivity index (χ1v) is 6.83. The molecule has 1 aliphatic carbocycles. The molecule has 0 aliphatic heterocycles. The summed E-state index contributed by atoms with van der Waals surface area (Å²) in [4.78, 5) is 12.2. The number of nitrogens with two attached hydrogens (primary N) is 1. The zero-order chi connectivity index (χ0) is 13.7. The van der Waals surface area contributed by atoms with E-state index in [2.05, 4.69) is 5.32 Å². The van der Waals surface area contributed by atoms with E-state index < -0.39 is 0 Å². The van der Waals surface area contributed by atoms with Crippen molar-refractivity contribution in [3.8, 4) is 0 Å². The van der Waals surface area contributed by atoms with E-state index >= 15 is 0 Å². The van der Waals surface area contributed by atoms with Crippen molar-refractivity contribution in [2.45, 2.75) is 38.3 Å². The predicted molar refractivity (Wildman–Crippen MR) is 83.0 cm³/mol. The normalized spacial score (nSPS) is 21.9. The van der Waals surface area contributed by atoms with Crippen molar-refractivity contribution >= 4 is 24.0 Å². The Balaban J connectivity index is 0.00000200. The summed E-state index contributed by atoms with van der Waals surface area (Å²) in [5, 5.41) is 2.98. The lowest BCUT2D eigenvalue weighted by molar-refractivity contribution is -0.120. The molecule has 1 aromatic carbocycles. The van der Waals surface area contributed by atoms with Crippen LogP contribution in [0.4, 0.5) is 5.69 Å². The van der Waals surface area contributed by atoms with E-state index in [0.29, 0.717) is 6.61 Å². The summed E-state index contributed by atoms with van der Waals surface area (Å²) < 4.78 is 5.09. The number of hydrogen-bond acceptors (Lipinski definition) is 3. The van der Waals surface area contributed by atoms with Gasteiger partial charge in [0.15, 0.2) is 0 Å². The second kappa shape index (κ2) is 8.25. The van der Waals surface area contributed by atoms with Crippen molar-refractivity contribution < 1.29 is 9.53 Å². The Bertz CT molecular complexity index is 440. The first-order valence-electron chi connectivity index (χ1n) is 6.83.